The Kier molecular flexibility index (Phi) is 3.35. The zero-order chi connectivity index (χ0) is 14.3. The molecule has 0 aliphatic rings. The van der Waals surface area contributed by atoms with Gasteiger partial charge in [0.15, 0.2) is 5.82 Å². The van der Waals surface area contributed by atoms with E-state index in [0.29, 0.717) is 11.6 Å². The first-order valence-electron chi connectivity index (χ1n) is 6.21. The van der Waals surface area contributed by atoms with Gasteiger partial charge in [-0.1, -0.05) is 11.6 Å². The Morgan fingerprint density at radius 1 is 1.35 bits per heavy atom. The summed E-state index contributed by atoms with van der Waals surface area (Å²) >= 11 is 7.56. The number of halogens is 1. The molecule has 20 heavy (non-hydrogen) atoms. The number of hydrogen-bond acceptors (Lipinski definition) is 5. The van der Waals surface area contributed by atoms with Crippen LogP contribution in [0, 0.1) is 13.8 Å². The fourth-order valence-electron chi connectivity index (χ4n) is 2.12. The molecule has 0 saturated heterocycles. The monoisotopic (exact) mass is 307 g/mol. The smallest absolute Gasteiger partial charge is 0.153 e. The normalized spacial score (nSPS) is 11.2. The predicted molar refractivity (Wildman–Crippen MR) is 82.8 cm³/mol. The Bertz CT molecular complexity index is 777. The first-order chi connectivity index (χ1) is 9.58. The molecule has 0 bridgehead atoms. The van der Waals surface area contributed by atoms with Gasteiger partial charge < -0.3 is 5.32 Å². The summed E-state index contributed by atoms with van der Waals surface area (Å²) in [6.07, 6.45) is 3.37. The molecule has 0 saturated carbocycles. The summed E-state index contributed by atoms with van der Waals surface area (Å²) in [6, 6.07) is 0. The third kappa shape index (κ3) is 2.25. The number of nitrogens with one attached hydrogen (secondary N) is 1. The molecule has 0 spiro atoms. The molecule has 0 unspecified atom stereocenters. The molecule has 1 N–H and O–H groups in total. The number of thiophene rings is 1. The lowest BCUT2D eigenvalue weighted by Gasteiger charge is -2.06. The SMILES string of the molecule is CNc1nc(Cn2cc(Cl)cn2)nc2sc(C)c(C)c12. The molecule has 0 aliphatic carbocycles. The molecular formula is C13H14ClN5S. The summed E-state index contributed by atoms with van der Waals surface area (Å²) in [5.74, 6) is 1.59. The third-order valence-corrected chi connectivity index (χ3v) is 4.51. The summed E-state index contributed by atoms with van der Waals surface area (Å²) in [4.78, 5) is 11.5. The maximum Gasteiger partial charge on any atom is 0.153 e. The van der Waals surface area contributed by atoms with Crippen molar-refractivity contribution in [1.82, 2.24) is 19.7 Å². The molecule has 3 aromatic rings. The Balaban J connectivity index is 2.08. The van der Waals surface area contributed by atoms with E-state index in [9.17, 15) is 0 Å². The standard InChI is InChI=1S/C13H14ClN5S/c1-7-8(2)20-13-11(7)12(15-3)17-10(18-13)6-19-5-9(14)4-16-19/h4-5H,6H2,1-3H3,(H,15,17,18). The van der Waals surface area contributed by atoms with E-state index in [1.165, 1.54) is 10.4 Å². The van der Waals surface area contributed by atoms with Crippen LogP contribution in [-0.2, 0) is 6.54 Å². The van der Waals surface area contributed by atoms with Crippen molar-refractivity contribution in [3.05, 3.63) is 33.7 Å². The minimum Gasteiger partial charge on any atom is -0.372 e. The second-order valence-electron chi connectivity index (χ2n) is 4.56. The second-order valence-corrected chi connectivity index (χ2v) is 6.20. The number of anilines is 1. The Labute approximate surface area is 125 Å². The molecule has 3 heterocycles. The summed E-state index contributed by atoms with van der Waals surface area (Å²) < 4.78 is 1.73. The van der Waals surface area contributed by atoms with E-state index in [2.05, 4.69) is 34.2 Å². The van der Waals surface area contributed by atoms with Crippen LogP contribution < -0.4 is 5.32 Å². The second kappa shape index (κ2) is 5.03. The van der Waals surface area contributed by atoms with E-state index in [4.69, 9.17) is 11.6 Å². The number of fused-ring (bicyclic) bond motifs is 1. The van der Waals surface area contributed by atoms with Crippen LogP contribution in [0.4, 0.5) is 5.82 Å². The average Bonchev–Trinajstić information content (AvgIpc) is 2.94. The Morgan fingerprint density at radius 2 is 2.15 bits per heavy atom. The quantitative estimate of drug-likeness (QED) is 0.807. The molecule has 0 aliphatic heterocycles. The van der Waals surface area contributed by atoms with Crippen LogP contribution in [0.5, 0.6) is 0 Å². The number of hydrogen-bond donors (Lipinski definition) is 1. The van der Waals surface area contributed by atoms with E-state index in [0.717, 1.165) is 21.9 Å². The lowest BCUT2D eigenvalue weighted by atomic mass is 10.2. The van der Waals surface area contributed by atoms with Gasteiger partial charge in [-0.25, -0.2) is 9.97 Å². The van der Waals surface area contributed by atoms with Gasteiger partial charge in [0.05, 0.1) is 16.6 Å². The zero-order valence-corrected chi connectivity index (χ0v) is 13.0. The van der Waals surface area contributed by atoms with Crippen molar-refractivity contribution in [3.8, 4) is 0 Å². The largest absolute Gasteiger partial charge is 0.372 e. The van der Waals surface area contributed by atoms with Crippen LogP contribution in [0.15, 0.2) is 12.4 Å². The van der Waals surface area contributed by atoms with Crippen LogP contribution in [0.2, 0.25) is 5.02 Å². The average molecular weight is 308 g/mol. The van der Waals surface area contributed by atoms with Gasteiger partial charge in [0.2, 0.25) is 0 Å². The van der Waals surface area contributed by atoms with E-state index >= 15 is 0 Å². The highest BCUT2D eigenvalue weighted by molar-refractivity contribution is 7.18. The summed E-state index contributed by atoms with van der Waals surface area (Å²) in [7, 11) is 1.88. The fraction of sp³-hybridized carbons (Fsp3) is 0.308. The van der Waals surface area contributed by atoms with Gasteiger partial charge in [-0.05, 0) is 19.4 Å². The first kappa shape index (κ1) is 13.3. The zero-order valence-electron chi connectivity index (χ0n) is 11.4. The van der Waals surface area contributed by atoms with Gasteiger partial charge >= 0.3 is 0 Å². The van der Waals surface area contributed by atoms with Crippen molar-refractivity contribution < 1.29 is 0 Å². The third-order valence-electron chi connectivity index (χ3n) is 3.22. The Hall–Kier alpha value is -1.66. The van der Waals surface area contributed by atoms with Gasteiger partial charge in [-0.2, -0.15) is 5.10 Å². The molecule has 0 atom stereocenters. The Morgan fingerprint density at radius 3 is 2.80 bits per heavy atom. The highest BCUT2D eigenvalue weighted by atomic mass is 35.5. The molecule has 0 amide bonds. The number of rotatable bonds is 3. The summed E-state index contributed by atoms with van der Waals surface area (Å²) in [5.41, 5.74) is 1.24. The minimum atomic E-state index is 0.507. The van der Waals surface area contributed by atoms with Gasteiger partial charge in [-0.3, -0.25) is 4.68 Å². The maximum atomic E-state index is 5.87. The molecule has 0 radical (unpaired) electrons. The van der Waals surface area contributed by atoms with Crippen molar-refractivity contribution in [2.75, 3.05) is 12.4 Å². The van der Waals surface area contributed by atoms with Crippen LogP contribution in [0.25, 0.3) is 10.2 Å². The van der Waals surface area contributed by atoms with Crippen LogP contribution >= 0.6 is 22.9 Å². The topological polar surface area (TPSA) is 55.6 Å². The van der Waals surface area contributed by atoms with E-state index in [1.807, 2.05) is 7.05 Å². The van der Waals surface area contributed by atoms with Crippen molar-refractivity contribution >= 4 is 39.0 Å². The van der Waals surface area contributed by atoms with Crippen molar-refractivity contribution in [2.24, 2.45) is 0 Å². The molecule has 0 aromatic carbocycles. The molecule has 3 rings (SSSR count). The van der Waals surface area contributed by atoms with Crippen LogP contribution in [0.1, 0.15) is 16.3 Å². The molecular weight excluding hydrogens is 294 g/mol. The highest BCUT2D eigenvalue weighted by Gasteiger charge is 2.14. The predicted octanol–water partition coefficient (Wildman–Crippen LogP) is 3.25. The molecule has 7 heteroatoms. The molecule has 0 fully saturated rings. The number of aryl methyl sites for hydroxylation is 2. The lowest BCUT2D eigenvalue weighted by Crippen LogP contribution is -2.06. The van der Waals surface area contributed by atoms with Crippen molar-refractivity contribution in [2.45, 2.75) is 20.4 Å². The molecule has 104 valence electrons. The van der Waals surface area contributed by atoms with Crippen LogP contribution in [0.3, 0.4) is 0 Å². The summed E-state index contributed by atoms with van der Waals surface area (Å²) in [5, 5.41) is 9.03. The number of aromatic nitrogens is 4. The van der Waals surface area contributed by atoms with Gasteiger partial charge in [0, 0.05) is 18.1 Å². The first-order valence-corrected chi connectivity index (χ1v) is 7.40. The lowest BCUT2D eigenvalue weighted by molar-refractivity contribution is 0.659. The van der Waals surface area contributed by atoms with Crippen LogP contribution in [-0.4, -0.2) is 26.8 Å². The number of nitrogens with zero attached hydrogens (tertiary/aromatic N) is 4. The van der Waals surface area contributed by atoms with E-state index in [-0.39, 0.29) is 0 Å². The van der Waals surface area contributed by atoms with Gasteiger partial charge in [0.25, 0.3) is 0 Å². The van der Waals surface area contributed by atoms with E-state index < -0.39 is 0 Å². The van der Waals surface area contributed by atoms with Gasteiger partial charge in [-0.15, -0.1) is 11.3 Å². The van der Waals surface area contributed by atoms with Gasteiger partial charge in [0.1, 0.15) is 17.2 Å². The minimum absolute atomic E-state index is 0.507. The maximum absolute atomic E-state index is 5.87. The fourth-order valence-corrected chi connectivity index (χ4v) is 3.32. The molecule has 5 nitrogen and oxygen atoms in total. The molecule has 3 aromatic heterocycles. The van der Waals surface area contributed by atoms with E-state index in [1.54, 1.807) is 28.4 Å². The van der Waals surface area contributed by atoms with Crippen molar-refractivity contribution in [3.63, 3.8) is 0 Å². The highest BCUT2D eigenvalue weighted by Crippen LogP contribution is 2.33. The summed E-state index contributed by atoms with van der Waals surface area (Å²) in [6.45, 7) is 4.71. The van der Waals surface area contributed by atoms with Crippen molar-refractivity contribution in [1.29, 1.82) is 0 Å².